The van der Waals surface area contributed by atoms with Crippen LogP contribution in [0.5, 0.6) is 0 Å². The van der Waals surface area contributed by atoms with E-state index in [0.29, 0.717) is 5.92 Å². The molecule has 0 aliphatic heterocycles. The number of fused-ring (bicyclic) bond motifs is 1. The second kappa shape index (κ2) is 6.18. The van der Waals surface area contributed by atoms with Crippen molar-refractivity contribution in [2.45, 2.75) is 19.9 Å². The highest BCUT2D eigenvalue weighted by Crippen LogP contribution is 2.29. The Hall–Kier alpha value is -1.38. The molecule has 2 rings (SSSR count). The van der Waals surface area contributed by atoms with Crippen molar-refractivity contribution in [2.24, 2.45) is 11.8 Å². The second-order valence-electron chi connectivity index (χ2n) is 5.46. The van der Waals surface area contributed by atoms with Crippen LogP contribution in [0.2, 0.25) is 0 Å². The van der Waals surface area contributed by atoms with Crippen molar-refractivity contribution < 1.29 is 5.11 Å². The molecule has 0 aliphatic carbocycles. The lowest BCUT2D eigenvalue weighted by Gasteiger charge is -2.29. The summed E-state index contributed by atoms with van der Waals surface area (Å²) in [7, 11) is 1.96. The number of hydrogen-bond acceptors (Lipinski definition) is 2. The van der Waals surface area contributed by atoms with Crippen molar-refractivity contribution in [1.82, 2.24) is 5.32 Å². The minimum Gasteiger partial charge on any atom is -0.396 e. The van der Waals surface area contributed by atoms with E-state index in [-0.39, 0.29) is 18.6 Å². The highest BCUT2D eigenvalue weighted by molar-refractivity contribution is 5.83. The minimum absolute atomic E-state index is 0.189. The van der Waals surface area contributed by atoms with Gasteiger partial charge in [-0.05, 0) is 35.4 Å². The number of rotatable bonds is 5. The third-order valence-corrected chi connectivity index (χ3v) is 3.94. The molecule has 0 spiro atoms. The van der Waals surface area contributed by atoms with Crippen LogP contribution in [0.3, 0.4) is 0 Å². The van der Waals surface area contributed by atoms with E-state index in [1.54, 1.807) is 0 Å². The van der Waals surface area contributed by atoms with Crippen LogP contribution in [-0.4, -0.2) is 18.8 Å². The molecule has 0 aliphatic rings. The molecule has 0 saturated carbocycles. The molecular formula is C17H23NO. The second-order valence-corrected chi connectivity index (χ2v) is 5.46. The van der Waals surface area contributed by atoms with Gasteiger partial charge in [0.1, 0.15) is 0 Å². The zero-order valence-electron chi connectivity index (χ0n) is 11.9. The van der Waals surface area contributed by atoms with Gasteiger partial charge in [-0.25, -0.2) is 0 Å². The first kappa shape index (κ1) is 14.0. The zero-order chi connectivity index (χ0) is 13.8. The molecule has 2 heteroatoms. The van der Waals surface area contributed by atoms with Gasteiger partial charge in [-0.3, -0.25) is 0 Å². The number of aliphatic hydroxyl groups is 1. The third-order valence-electron chi connectivity index (χ3n) is 3.94. The van der Waals surface area contributed by atoms with Gasteiger partial charge in [0.05, 0.1) is 0 Å². The molecule has 0 saturated heterocycles. The lowest BCUT2D eigenvalue weighted by atomic mass is 9.84. The molecule has 0 heterocycles. The predicted molar refractivity (Wildman–Crippen MR) is 81.2 cm³/mol. The molecular weight excluding hydrogens is 234 g/mol. The van der Waals surface area contributed by atoms with Crippen LogP contribution in [0.4, 0.5) is 0 Å². The SMILES string of the molecule is CNC(c1ccc2ccccc2c1)C(CO)C(C)C. The van der Waals surface area contributed by atoms with Crippen molar-refractivity contribution >= 4 is 10.8 Å². The molecule has 0 fully saturated rings. The molecule has 19 heavy (non-hydrogen) atoms. The van der Waals surface area contributed by atoms with Crippen LogP contribution in [0.25, 0.3) is 10.8 Å². The van der Waals surface area contributed by atoms with Gasteiger partial charge < -0.3 is 10.4 Å². The minimum atomic E-state index is 0.189. The zero-order valence-corrected chi connectivity index (χ0v) is 11.9. The first-order chi connectivity index (χ1) is 9.17. The summed E-state index contributed by atoms with van der Waals surface area (Å²) in [4.78, 5) is 0. The molecule has 2 unspecified atom stereocenters. The van der Waals surface area contributed by atoms with Crippen LogP contribution in [0, 0.1) is 11.8 Å². The maximum atomic E-state index is 9.63. The van der Waals surface area contributed by atoms with E-state index in [0.717, 1.165) is 0 Å². The van der Waals surface area contributed by atoms with E-state index in [1.807, 2.05) is 7.05 Å². The van der Waals surface area contributed by atoms with Gasteiger partial charge in [-0.2, -0.15) is 0 Å². The molecule has 2 aromatic rings. The van der Waals surface area contributed by atoms with Crippen LogP contribution in [0.1, 0.15) is 25.5 Å². The first-order valence-corrected chi connectivity index (χ1v) is 6.94. The highest BCUT2D eigenvalue weighted by Gasteiger charge is 2.24. The molecule has 2 aromatic carbocycles. The molecule has 0 radical (unpaired) electrons. The summed E-state index contributed by atoms with van der Waals surface area (Å²) < 4.78 is 0. The number of benzene rings is 2. The van der Waals surface area contributed by atoms with E-state index >= 15 is 0 Å². The molecule has 0 aromatic heterocycles. The van der Waals surface area contributed by atoms with Crippen LogP contribution in [0.15, 0.2) is 42.5 Å². The monoisotopic (exact) mass is 257 g/mol. The van der Waals surface area contributed by atoms with E-state index < -0.39 is 0 Å². The van der Waals surface area contributed by atoms with E-state index in [2.05, 4.69) is 61.6 Å². The van der Waals surface area contributed by atoms with E-state index in [4.69, 9.17) is 0 Å². The molecule has 2 N–H and O–H groups in total. The summed E-state index contributed by atoms with van der Waals surface area (Å²) in [6.45, 7) is 4.52. The Labute approximate surface area is 115 Å². The largest absolute Gasteiger partial charge is 0.396 e. The van der Waals surface area contributed by atoms with Gasteiger partial charge in [-0.1, -0.05) is 50.2 Å². The van der Waals surface area contributed by atoms with Gasteiger partial charge in [0.25, 0.3) is 0 Å². The van der Waals surface area contributed by atoms with Gasteiger partial charge in [-0.15, -0.1) is 0 Å². The van der Waals surface area contributed by atoms with Crippen molar-refractivity contribution in [3.8, 4) is 0 Å². The van der Waals surface area contributed by atoms with Crippen LogP contribution >= 0.6 is 0 Å². The maximum Gasteiger partial charge on any atom is 0.0479 e. The van der Waals surface area contributed by atoms with Crippen molar-refractivity contribution in [2.75, 3.05) is 13.7 Å². The first-order valence-electron chi connectivity index (χ1n) is 6.94. The van der Waals surface area contributed by atoms with Crippen LogP contribution < -0.4 is 5.32 Å². The van der Waals surface area contributed by atoms with Gasteiger partial charge in [0.15, 0.2) is 0 Å². The number of hydrogen-bond donors (Lipinski definition) is 2. The van der Waals surface area contributed by atoms with Crippen LogP contribution in [-0.2, 0) is 0 Å². The lowest BCUT2D eigenvalue weighted by Crippen LogP contribution is -2.31. The summed E-state index contributed by atoms with van der Waals surface area (Å²) >= 11 is 0. The van der Waals surface area contributed by atoms with Gasteiger partial charge >= 0.3 is 0 Å². The highest BCUT2D eigenvalue weighted by atomic mass is 16.3. The average Bonchev–Trinajstić information content (AvgIpc) is 2.43. The topological polar surface area (TPSA) is 32.3 Å². The van der Waals surface area contributed by atoms with E-state index in [1.165, 1.54) is 16.3 Å². The van der Waals surface area contributed by atoms with E-state index in [9.17, 15) is 5.11 Å². The van der Waals surface area contributed by atoms with Crippen molar-refractivity contribution in [3.63, 3.8) is 0 Å². The molecule has 2 atom stereocenters. The molecule has 0 amide bonds. The fraction of sp³-hybridized carbons (Fsp3) is 0.412. The smallest absolute Gasteiger partial charge is 0.0479 e. The van der Waals surface area contributed by atoms with Gasteiger partial charge in [0.2, 0.25) is 0 Å². The third kappa shape index (κ3) is 2.96. The van der Waals surface area contributed by atoms with Crippen molar-refractivity contribution in [1.29, 1.82) is 0 Å². The summed E-state index contributed by atoms with van der Waals surface area (Å²) in [6.07, 6.45) is 0. The Morgan fingerprint density at radius 3 is 2.32 bits per heavy atom. The Balaban J connectivity index is 2.40. The summed E-state index contributed by atoms with van der Waals surface area (Å²) in [5.74, 6) is 0.667. The average molecular weight is 257 g/mol. The molecule has 102 valence electrons. The van der Waals surface area contributed by atoms with Gasteiger partial charge in [0, 0.05) is 18.6 Å². The Morgan fingerprint density at radius 1 is 1.05 bits per heavy atom. The maximum absolute atomic E-state index is 9.63. The number of aliphatic hydroxyl groups excluding tert-OH is 1. The standard InChI is InChI=1S/C17H23NO/c1-12(2)16(11-19)17(18-3)15-9-8-13-6-4-5-7-14(13)10-15/h4-10,12,16-19H,11H2,1-3H3. The predicted octanol–water partition coefficient (Wildman–Crippen LogP) is 3.36. The Bertz CT molecular complexity index is 536. The van der Waals surface area contributed by atoms with Crippen molar-refractivity contribution in [3.05, 3.63) is 48.0 Å². The quantitative estimate of drug-likeness (QED) is 0.861. The summed E-state index contributed by atoms with van der Waals surface area (Å²) in [5.41, 5.74) is 1.24. The lowest BCUT2D eigenvalue weighted by molar-refractivity contribution is 0.154. The fourth-order valence-corrected chi connectivity index (χ4v) is 2.73. The fourth-order valence-electron chi connectivity index (χ4n) is 2.73. The normalized spacial score (nSPS) is 14.8. The molecule has 0 bridgehead atoms. The molecule has 2 nitrogen and oxygen atoms in total. The Morgan fingerprint density at radius 2 is 1.74 bits per heavy atom. The number of nitrogens with one attached hydrogen (secondary N) is 1. The Kier molecular flexibility index (Phi) is 4.56. The summed E-state index contributed by atoms with van der Waals surface area (Å²) in [6, 6.07) is 15.1. The summed E-state index contributed by atoms with van der Waals surface area (Å²) in [5, 5.41) is 15.5.